The second kappa shape index (κ2) is 15.9. The number of halogens is 1. The predicted molar refractivity (Wildman–Crippen MR) is 125 cm³/mol. The molecule has 0 radical (unpaired) electrons. The fraction of sp³-hybridized carbons (Fsp3) is 0.650. The Hall–Kier alpha value is -1.06. The second-order valence-electron chi connectivity index (χ2n) is 6.19. The summed E-state index contributed by atoms with van der Waals surface area (Å²) in [7, 11) is 3.50. The van der Waals surface area contributed by atoms with E-state index in [2.05, 4.69) is 59.5 Å². The van der Waals surface area contributed by atoms with Gasteiger partial charge in [-0.2, -0.15) is 0 Å². The van der Waals surface area contributed by atoms with Crippen molar-refractivity contribution in [2.24, 2.45) is 4.99 Å². The minimum atomic E-state index is 0. The summed E-state index contributed by atoms with van der Waals surface area (Å²) in [6.07, 6.45) is 0.881. The van der Waals surface area contributed by atoms with Gasteiger partial charge in [0.25, 0.3) is 0 Å². The monoisotopic (exact) mass is 492 g/mol. The second-order valence-corrected chi connectivity index (χ2v) is 6.19. The lowest BCUT2D eigenvalue weighted by atomic mass is 10.1. The number of methoxy groups -OCH3 is 1. The third kappa shape index (κ3) is 10.8. The molecular formula is C20H37IN4O2. The summed E-state index contributed by atoms with van der Waals surface area (Å²) in [5.41, 5.74) is 2.32. The number of nitrogens with zero attached hydrogens (tertiary/aromatic N) is 2. The van der Waals surface area contributed by atoms with Gasteiger partial charge in [-0.3, -0.25) is 4.99 Å². The zero-order valence-corrected chi connectivity index (χ0v) is 19.8. The number of aliphatic imine (C=N–C) groups is 1. The van der Waals surface area contributed by atoms with Crippen LogP contribution in [0.3, 0.4) is 0 Å². The van der Waals surface area contributed by atoms with Crippen LogP contribution in [-0.4, -0.2) is 64.4 Å². The van der Waals surface area contributed by atoms with Gasteiger partial charge in [-0.05, 0) is 31.6 Å². The van der Waals surface area contributed by atoms with Crippen LogP contribution in [0.25, 0.3) is 0 Å². The summed E-state index contributed by atoms with van der Waals surface area (Å²) in [6.45, 7) is 12.5. The molecule has 0 amide bonds. The van der Waals surface area contributed by atoms with E-state index in [9.17, 15) is 0 Å². The molecule has 1 aromatic rings. The highest BCUT2D eigenvalue weighted by molar-refractivity contribution is 14.0. The molecule has 0 aliphatic carbocycles. The Labute approximate surface area is 182 Å². The zero-order valence-electron chi connectivity index (χ0n) is 17.5. The highest BCUT2D eigenvalue weighted by Crippen LogP contribution is 2.20. The van der Waals surface area contributed by atoms with Crippen LogP contribution in [-0.2, 0) is 11.3 Å². The molecule has 6 nitrogen and oxygen atoms in total. The van der Waals surface area contributed by atoms with Crippen LogP contribution in [0.15, 0.2) is 23.2 Å². The minimum Gasteiger partial charge on any atom is -0.493 e. The number of ether oxygens (including phenoxy) is 2. The molecular weight excluding hydrogens is 455 g/mol. The summed E-state index contributed by atoms with van der Waals surface area (Å²) in [6, 6.07) is 6.30. The molecule has 0 atom stereocenters. The van der Waals surface area contributed by atoms with Gasteiger partial charge in [-0.1, -0.05) is 26.0 Å². The molecule has 7 heteroatoms. The van der Waals surface area contributed by atoms with Crippen LogP contribution in [0.2, 0.25) is 0 Å². The van der Waals surface area contributed by atoms with Crippen molar-refractivity contribution < 1.29 is 9.47 Å². The number of likely N-dealkylation sites (N-methyl/N-ethyl adjacent to an activating group) is 1. The Bertz CT molecular complexity index is 537. The Kier molecular flexibility index (Phi) is 15.3. The smallest absolute Gasteiger partial charge is 0.191 e. The first-order valence-electron chi connectivity index (χ1n) is 9.52. The van der Waals surface area contributed by atoms with Crippen molar-refractivity contribution in [3.8, 4) is 5.75 Å². The van der Waals surface area contributed by atoms with Crippen LogP contribution in [0, 0.1) is 6.92 Å². The molecule has 0 aliphatic heterocycles. The van der Waals surface area contributed by atoms with E-state index in [1.807, 2.05) is 0 Å². The van der Waals surface area contributed by atoms with E-state index in [-0.39, 0.29) is 24.0 Å². The van der Waals surface area contributed by atoms with Gasteiger partial charge >= 0.3 is 0 Å². The fourth-order valence-electron chi connectivity index (χ4n) is 2.60. The van der Waals surface area contributed by atoms with Gasteiger partial charge in [0.1, 0.15) is 5.75 Å². The Balaban J connectivity index is 0.00000676. The molecule has 0 aromatic heterocycles. The first kappa shape index (κ1) is 25.9. The molecule has 0 aliphatic rings. The molecule has 0 saturated heterocycles. The maximum absolute atomic E-state index is 5.94. The van der Waals surface area contributed by atoms with Crippen LogP contribution >= 0.6 is 24.0 Å². The SMILES string of the molecule is CCN(CC)CCNC(=NC)NCc1ccc(C)cc1OCCCOC.I. The number of guanidine groups is 1. The summed E-state index contributed by atoms with van der Waals surface area (Å²) in [4.78, 5) is 6.69. The highest BCUT2D eigenvalue weighted by Gasteiger charge is 2.06. The molecule has 2 N–H and O–H groups in total. The molecule has 0 saturated carbocycles. The van der Waals surface area contributed by atoms with E-state index in [0.29, 0.717) is 19.8 Å². The molecule has 0 bridgehead atoms. The van der Waals surface area contributed by atoms with Crippen LogP contribution < -0.4 is 15.4 Å². The quantitative estimate of drug-likeness (QED) is 0.203. The number of aryl methyl sites for hydroxylation is 1. The third-order valence-corrected chi connectivity index (χ3v) is 4.26. The number of nitrogens with one attached hydrogen (secondary N) is 2. The van der Waals surface area contributed by atoms with Gasteiger partial charge < -0.3 is 25.0 Å². The van der Waals surface area contributed by atoms with Crippen molar-refractivity contribution in [1.82, 2.24) is 15.5 Å². The lowest BCUT2D eigenvalue weighted by Gasteiger charge is -2.19. The van der Waals surface area contributed by atoms with Crippen molar-refractivity contribution in [2.45, 2.75) is 33.7 Å². The van der Waals surface area contributed by atoms with Crippen molar-refractivity contribution in [3.63, 3.8) is 0 Å². The first-order chi connectivity index (χ1) is 12.6. The minimum absolute atomic E-state index is 0. The van der Waals surface area contributed by atoms with E-state index >= 15 is 0 Å². The molecule has 1 aromatic carbocycles. The van der Waals surface area contributed by atoms with E-state index in [4.69, 9.17) is 9.47 Å². The largest absolute Gasteiger partial charge is 0.493 e. The van der Waals surface area contributed by atoms with Crippen LogP contribution in [0.4, 0.5) is 0 Å². The molecule has 156 valence electrons. The maximum atomic E-state index is 5.94. The van der Waals surface area contributed by atoms with Crippen LogP contribution in [0.5, 0.6) is 5.75 Å². The molecule has 0 heterocycles. The lowest BCUT2D eigenvalue weighted by Crippen LogP contribution is -2.41. The molecule has 27 heavy (non-hydrogen) atoms. The van der Waals surface area contributed by atoms with Gasteiger partial charge in [0.15, 0.2) is 5.96 Å². The molecule has 1 rings (SSSR count). The Morgan fingerprint density at radius 3 is 2.52 bits per heavy atom. The number of hydrogen-bond acceptors (Lipinski definition) is 4. The van der Waals surface area contributed by atoms with E-state index in [0.717, 1.165) is 49.9 Å². The topological polar surface area (TPSA) is 58.1 Å². The average molecular weight is 492 g/mol. The van der Waals surface area contributed by atoms with Gasteiger partial charge in [0.05, 0.1) is 6.61 Å². The van der Waals surface area contributed by atoms with Gasteiger partial charge in [0.2, 0.25) is 0 Å². The Morgan fingerprint density at radius 2 is 1.89 bits per heavy atom. The molecule has 0 unspecified atom stereocenters. The highest BCUT2D eigenvalue weighted by atomic mass is 127. The van der Waals surface area contributed by atoms with Gasteiger partial charge in [-0.25, -0.2) is 0 Å². The Morgan fingerprint density at radius 1 is 1.15 bits per heavy atom. The van der Waals surface area contributed by atoms with Crippen LogP contribution in [0.1, 0.15) is 31.4 Å². The van der Waals surface area contributed by atoms with E-state index < -0.39 is 0 Å². The van der Waals surface area contributed by atoms with Crippen molar-refractivity contribution in [1.29, 1.82) is 0 Å². The van der Waals surface area contributed by atoms with Gasteiger partial charge in [-0.15, -0.1) is 24.0 Å². The number of hydrogen-bond donors (Lipinski definition) is 2. The number of benzene rings is 1. The van der Waals surface area contributed by atoms with Crippen molar-refractivity contribution in [3.05, 3.63) is 29.3 Å². The lowest BCUT2D eigenvalue weighted by molar-refractivity contribution is 0.171. The summed E-state index contributed by atoms with van der Waals surface area (Å²) in [5, 5.41) is 6.74. The fourth-order valence-corrected chi connectivity index (χ4v) is 2.60. The predicted octanol–water partition coefficient (Wildman–Crippen LogP) is 3.04. The zero-order chi connectivity index (χ0) is 19.2. The summed E-state index contributed by atoms with van der Waals surface area (Å²) < 4.78 is 11.0. The van der Waals surface area contributed by atoms with Gasteiger partial charge in [0, 0.05) is 52.4 Å². The number of rotatable bonds is 12. The molecule has 0 fully saturated rings. The van der Waals surface area contributed by atoms with E-state index in [1.165, 1.54) is 5.56 Å². The maximum Gasteiger partial charge on any atom is 0.191 e. The van der Waals surface area contributed by atoms with Crippen molar-refractivity contribution >= 4 is 29.9 Å². The standard InChI is InChI=1S/C20H36N4O2.HI/c1-6-24(7-2)12-11-22-20(21-4)23-16-18-10-9-17(3)15-19(18)26-14-8-13-25-5;/h9-10,15H,6-8,11-14,16H2,1-5H3,(H2,21,22,23);1H. The summed E-state index contributed by atoms with van der Waals surface area (Å²) >= 11 is 0. The molecule has 0 spiro atoms. The van der Waals surface area contributed by atoms with E-state index in [1.54, 1.807) is 14.2 Å². The first-order valence-corrected chi connectivity index (χ1v) is 9.52. The average Bonchev–Trinajstić information content (AvgIpc) is 2.66. The summed E-state index contributed by atoms with van der Waals surface area (Å²) in [5.74, 6) is 1.73. The third-order valence-electron chi connectivity index (χ3n) is 4.26. The van der Waals surface area contributed by atoms with Crippen molar-refractivity contribution in [2.75, 3.05) is 53.6 Å². The normalized spacial score (nSPS) is 11.3.